The summed E-state index contributed by atoms with van der Waals surface area (Å²) < 4.78 is 19.5. The Bertz CT molecular complexity index is 2430. The summed E-state index contributed by atoms with van der Waals surface area (Å²) in [5.41, 5.74) is 5.99. The number of hydrogen-bond donors (Lipinski definition) is 1. The fourth-order valence-electron chi connectivity index (χ4n) is 8.54. The van der Waals surface area contributed by atoms with Crippen LogP contribution in [0, 0.1) is 5.82 Å². The molecule has 3 fully saturated rings. The predicted molar refractivity (Wildman–Crippen MR) is 205 cm³/mol. The molecule has 276 valence electrons. The number of benzene rings is 2. The Balaban J connectivity index is 0.856. The summed E-state index contributed by atoms with van der Waals surface area (Å²) in [6.45, 7) is 5.70. The number of nitrogens with zero attached hydrogens (tertiary/aromatic N) is 8. The molecule has 12 nitrogen and oxygen atoms in total. The minimum atomic E-state index is -0.692. The normalized spacial score (nSPS) is 19.6. The molecule has 1 N–H and O–H groups in total. The van der Waals surface area contributed by atoms with Gasteiger partial charge >= 0.3 is 5.69 Å². The van der Waals surface area contributed by atoms with Crippen LogP contribution in [-0.2, 0) is 16.1 Å². The number of amides is 2. The summed E-state index contributed by atoms with van der Waals surface area (Å²) in [4.78, 5) is 55.0. The van der Waals surface area contributed by atoms with Gasteiger partial charge in [-0.15, -0.1) is 0 Å². The Morgan fingerprint density at radius 2 is 1.65 bits per heavy atom. The number of carbonyl (C=O) groups excluding carboxylic acids is 2. The van der Waals surface area contributed by atoms with Crippen LogP contribution in [0.25, 0.3) is 28.1 Å². The van der Waals surface area contributed by atoms with Crippen molar-refractivity contribution in [3.8, 4) is 11.4 Å². The second-order valence-electron chi connectivity index (χ2n) is 14.5. The number of imide groups is 1. The molecule has 6 aromatic rings. The Kier molecular flexibility index (Phi) is 8.93. The number of nitrogens with one attached hydrogen (secondary N) is 1. The van der Waals surface area contributed by atoms with Crippen molar-refractivity contribution in [3.05, 3.63) is 113 Å². The van der Waals surface area contributed by atoms with Gasteiger partial charge in [0, 0.05) is 51.9 Å². The van der Waals surface area contributed by atoms with Crippen LogP contribution in [0.4, 0.5) is 15.9 Å². The zero-order valence-electron chi connectivity index (χ0n) is 30.0. The maximum Gasteiger partial charge on any atom is 0.329 e. The number of halogens is 1. The lowest BCUT2D eigenvalue weighted by atomic mass is 10.0. The number of hydrogen-bond acceptors (Lipinski definition) is 8. The Hall–Kier alpha value is -5.82. The van der Waals surface area contributed by atoms with Gasteiger partial charge in [0.25, 0.3) is 0 Å². The highest BCUT2D eigenvalue weighted by Crippen LogP contribution is 2.37. The number of rotatable bonds is 9. The summed E-state index contributed by atoms with van der Waals surface area (Å²) in [6, 6.07) is 24.2. The van der Waals surface area contributed by atoms with Gasteiger partial charge in [0.05, 0.1) is 40.3 Å². The van der Waals surface area contributed by atoms with Gasteiger partial charge in [-0.1, -0.05) is 30.3 Å². The number of carbonyl (C=O) groups is 2. The molecule has 54 heavy (non-hydrogen) atoms. The van der Waals surface area contributed by atoms with Crippen molar-refractivity contribution in [2.24, 2.45) is 0 Å². The van der Waals surface area contributed by atoms with Crippen LogP contribution in [0.5, 0.6) is 0 Å². The van der Waals surface area contributed by atoms with Gasteiger partial charge in [-0.3, -0.25) is 33.3 Å². The lowest BCUT2D eigenvalue weighted by molar-refractivity contribution is -0.135. The highest BCUT2D eigenvalue weighted by atomic mass is 19.1. The highest BCUT2D eigenvalue weighted by molar-refractivity contribution is 6.00. The van der Waals surface area contributed by atoms with E-state index in [1.54, 1.807) is 21.3 Å². The number of pyridine rings is 2. The van der Waals surface area contributed by atoms with Gasteiger partial charge in [0.1, 0.15) is 23.3 Å². The molecule has 2 aromatic carbocycles. The van der Waals surface area contributed by atoms with E-state index in [4.69, 9.17) is 4.98 Å². The Labute approximate surface area is 311 Å². The van der Waals surface area contributed by atoms with Crippen molar-refractivity contribution in [2.45, 2.75) is 50.7 Å². The van der Waals surface area contributed by atoms with Crippen molar-refractivity contribution < 1.29 is 14.0 Å². The van der Waals surface area contributed by atoms with E-state index in [0.717, 1.165) is 98.2 Å². The molecule has 2 atom stereocenters. The maximum absolute atomic E-state index is 14.1. The number of aryl methyl sites for hydroxylation is 1. The fourth-order valence-corrected chi connectivity index (χ4v) is 8.54. The average molecular weight is 728 g/mol. The maximum atomic E-state index is 14.1. The third-order valence-corrected chi connectivity index (χ3v) is 11.2. The van der Waals surface area contributed by atoms with E-state index in [-0.39, 0.29) is 29.9 Å². The minimum absolute atomic E-state index is 0.125. The summed E-state index contributed by atoms with van der Waals surface area (Å²) in [5, 5.41) is 2.39. The van der Waals surface area contributed by atoms with Crippen LogP contribution < -0.4 is 20.8 Å². The molecule has 0 aliphatic carbocycles. The molecule has 3 aliphatic heterocycles. The zero-order chi connectivity index (χ0) is 36.8. The second-order valence-corrected chi connectivity index (χ2v) is 14.5. The highest BCUT2D eigenvalue weighted by Gasteiger charge is 2.32. The first kappa shape index (κ1) is 34.0. The summed E-state index contributed by atoms with van der Waals surface area (Å²) >= 11 is 0. The van der Waals surface area contributed by atoms with E-state index >= 15 is 0 Å². The zero-order valence-corrected chi connectivity index (χ0v) is 30.0. The lowest BCUT2D eigenvalue weighted by Crippen LogP contribution is -2.47. The van der Waals surface area contributed by atoms with E-state index in [1.807, 2.05) is 48.7 Å². The van der Waals surface area contributed by atoms with E-state index < -0.39 is 11.9 Å². The third-order valence-electron chi connectivity index (χ3n) is 11.2. The average Bonchev–Trinajstić information content (AvgIpc) is 3.92. The van der Waals surface area contributed by atoms with Crippen LogP contribution >= 0.6 is 0 Å². The monoisotopic (exact) mass is 727 g/mol. The third kappa shape index (κ3) is 6.31. The Morgan fingerprint density at radius 1 is 0.815 bits per heavy atom. The van der Waals surface area contributed by atoms with Crippen LogP contribution in [-0.4, -0.2) is 79.5 Å². The molecule has 0 radical (unpaired) electrons. The van der Waals surface area contributed by atoms with E-state index in [1.165, 1.54) is 6.07 Å². The van der Waals surface area contributed by atoms with Gasteiger partial charge in [-0.2, -0.15) is 0 Å². The molecule has 9 rings (SSSR count). The first-order valence-corrected chi connectivity index (χ1v) is 18.9. The van der Waals surface area contributed by atoms with Gasteiger partial charge < -0.3 is 9.80 Å². The minimum Gasteiger partial charge on any atom is -0.363 e. The molecule has 0 spiro atoms. The van der Waals surface area contributed by atoms with Crippen molar-refractivity contribution in [2.75, 3.05) is 49.1 Å². The number of imidazole rings is 2. The largest absolute Gasteiger partial charge is 0.363 e. The number of fused-ring (bicyclic) bond motifs is 2. The first-order chi connectivity index (χ1) is 26.4. The van der Waals surface area contributed by atoms with E-state index in [0.29, 0.717) is 18.5 Å². The predicted octanol–water partition coefficient (Wildman–Crippen LogP) is 5.18. The molecule has 2 unspecified atom stereocenters. The summed E-state index contributed by atoms with van der Waals surface area (Å²) in [5.74, 6) is 0.00381. The summed E-state index contributed by atoms with van der Waals surface area (Å²) in [6.07, 6.45) is 7.35. The molecular weight excluding hydrogens is 686 g/mol. The topological polar surface area (TPSA) is 113 Å². The van der Waals surface area contributed by atoms with Gasteiger partial charge in [-0.25, -0.2) is 19.2 Å². The van der Waals surface area contributed by atoms with E-state index in [9.17, 15) is 18.8 Å². The van der Waals surface area contributed by atoms with Crippen LogP contribution in [0.1, 0.15) is 49.8 Å². The molecule has 4 aromatic heterocycles. The second kappa shape index (κ2) is 14.2. The first-order valence-electron chi connectivity index (χ1n) is 18.9. The molecule has 13 heteroatoms. The molecular formula is C41H42FN9O3. The van der Waals surface area contributed by atoms with Gasteiger partial charge in [0.15, 0.2) is 0 Å². The standard InChI is InChI=1S/C41H42FN9O3/c42-29-8-3-7-28(25-29)32-12-5-19-48(32)30-14-16-37-43-26-36(50(37)27-30)31-9-4-13-38(44-31)47-23-21-46(22-24-47)18-6-20-49-33-10-1-2-11-34(33)51(41(49)54)35-15-17-39(52)45-40(35)53/h1-4,7-11,13-14,16,25-27,32,35H,5-6,12,15,17-24H2,(H,45,52,53). The number of aromatic nitrogens is 5. The van der Waals surface area contributed by atoms with Crippen LogP contribution in [0.2, 0.25) is 0 Å². The van der Waals surface area contributed by atoms with E-state index in [2.05, 4.69) is 53.8 Å². The van der Waals surface area contributed by atoms with Gasteiger partial charge in [-0.05, 0) is 86.3 Å². The van der Waals surface area contributed by atoms with Crippen molar-refractivity contribution in [1.29, 1.82) is 0 Å². The summed E-state index contributed by atoms with van der Waals surface area (Å²) in [7, 11) is 0. The van der Waals surface area contributed by atoms with Crippen molar-refractivity contribution in [3.63, 3.8) is 0 Å². The smallest absolute Gasteiger partial charge is 0.329 e. The van der Waals surface area contributed by atoms with Crippen LogP contribution in [0.3, 0.4) is 0 Å². The molecule has 0 saturated carbocycles. The fraction of sp³-hybridized carbons (Fsp3) is 0.341. The Morgan fingerprint density at radius 3 is 2.48 bits per heavy atom. The van der Waals surface area contributed by atoms with Gasteiger partial charge in [0.2, 0.25) is 11.8 Å². The molecule has 0 bridgehead atoms. The van der Waals surface area contributed by atoms with Crippen molar-refractivity contribution >= 4 is 40.0 Å². The number of para-hydroxylation sites is 2. The number of piperidine rings is 1. The molecule has 7 heterocycles. The number of piperazine rings is 1. The quantitative estimate of drug-likeness (QED) is 0.203. The molecule has 3 aliphatic rings. The van der Waals surface area contributed by atoms with Crippen LogP contribution in [0.15, 0.2) is 96.1 Å². The molecule has 2 amide bonds. The van der Waals surface area contributed by atoms with Crippen molar-refractivity contribution in [1.82, 2.24) is 33.7 Å². The lowest BCUT2D eigenvalue weighted by Gasteiger charge is -2.35. The SMILES string of the molecule is O=C1CCC(n2c(=O)n(CCCN3CCN(c4cccc(-c5cnc6ccc(N7CCCC7c7cccc(F)c7)cn56)n4)CC3)c3ccccc32)C(=O)N1. The number of anilines is 2. The molecule has 3 saturated heterocycles.